The van der Waals surface area contributed by atoms with Crippen LogP contribution in [0, 0.1) is 11.8 Å². The summed E-state index contributed by atoms with van der Waals surface area (Å²) in [6, 6.07) is 3.52. The maximum atomic E-state index is 8.56. The van der Waals surface area contributed by atoms with E-state index in [1.54, 1.807) is 24.5 Å². The molecule has 0 amide bonds. The van der Waals surface area contributed by atoms with E-state index in [0.29, 0.717) is 5.02 Å². The number of pyridine rings is 1. The highest BCUT2D eigenvalue weighted by atomic mass is 35.5. The second kappa shape index (κ2) is 6.16. The molecule has 0 aliphatic heterocycles. The molecule has 2 heterocycles. The van der Waals surface area contributed by atoms with Gasteiger partial charge in [0.1, 0.15) is 17.9 Å². The second-order valence-corrected chi connectivity index (χ2v) is 3.11. The van der Waals surface area contributed by atoms with Gasteiger partial charge in [-0.05, 0) is 12.0 Å². The van der Waals surface area contributed by atoms with Crippen molar-refractivity contribution in [1.29, 1.82) is 0 Å². The molecule has 0 aliphatic rings. The Balaban J connectivity index is 0.000000606. The molecule has 0 unspecified atom stereocenters. The molecule has 2 aromatic heterocycles. The van der Waals surface area contributed by atoms with Crippen LogP contribution in [0.25, 0.3) is 5.65 Å². The van der Waals surface area contributed by atoms with Crippen molar-refractivity contribution in [3.63, 3.8) is 0 Å². The quantitative estimate of drug-likeness (QED) is 0.713. The zero-order valence-electron chi connectivity index (χ0n) is 9.24. The van der Waals surface area contributed by atoms with E-state index in [9.17, 15) is 0 Å². The molecule has 0 atom stereocenters. The highest BCUT2D eigenvalue weighted by molar-refractivity contribution is 6.30. The number of halogens is 1. The van der Waals surface area contributed by atoms with Crippen molar-refractivity contribution in [1.82, 2.24) is 9.38 Å². The minimum Gasteiger partial charge on any atom is -0.384 e. The molecule has 0 aliphatic carbocycles. The maximum absolute atomic E-state index is 8.56. The number of aliphatic hydroxyl groups is 1. The molecule has 2 rings (SSSR count). The number of aliphatic hydroxyl groups excluding tert-OH is 1. The third-order valence-electron chi connectivity index (χ3n) is 1.77. The molecule has 3 nitrogen and oxygen atoms in total. The zero-order valence-corrected chi connectivity index (χ0v) is 9.99. The van der Waals surface area contributed by atoms with Crippen molar-refractivity contribution in [3.8, 4) is 11.8 Å². The standard InChI is InChI=1S/C10H7ClN2O.C2H6/c11-8-3-4-13-9(2-1-5-14)7-12-10(13)6-8;1-2/h3-4,6-7,14H,5H2;1-2H3. The number of nitrogens with zero attached hydrogens (tertiary/aromatic N) is 2. The van der Waals surface area contributed by atoms with E-state index in [1.165, 1.54) is 0 Å². The monoisotopic (exact) mass is 236 g/mol. The Bertz CT molecular complexity index is 523. The lowest BCUT2D eigenvalue weighted by Gasteiger charge is -1.94. The topological polar surface area (TPSA) is 37.5 Å². The highest BCUT2D eigenvalue weighted by Gasteiger charge is 1.99. The van der Waals surface area contributed by atoms with Crippen LogP contribution in [0.15, 0.2) is 24.5 Å². The Hall–Kier alpha value is -1.50. The molecular weight excluding hydrogens is 224 g/mol. The summed E-state index contributed by atoms with van der Waals surface area (Å²) in [6.07, 6.45) is 3.44. The molecule has 84 valence electrons. The number of fused-ring (bicyclic) bond motifs is 1. The molecule has 4 heteroatoms. The first-order valence-electron chi connectivity index (χ1n) is 5.03. The van der Waals surface area contributed by atoms with Gasteiger partial charge in [0.15, 0.2) is 0 Å². The average Bonchev–Trinajstić information content (AvgIpc) is 2.71. The summed E-state index contributed by atoms with van der Waals surface area (Å²) in [4.78, 5) is 4.13. The van der Waals surface area contributed by atoms with Crippen molar-refractivity contribution in [2.45, 2.75) is 13.8 Å². The van der Waals surface area contributed by atoms with Crippen molar-refractivity contribution >= 4 is 17.2 Å². The van der Waals surface area contributed by atoms with Crippen LogP contribution in [0.3, 0.4) is 0 Å². The van der Waals surface area contributed by atoms with Gasteiger partial charge < -0.3 is 5.11 Å². The van der Waals surface area contributed by atoms with Gasteiger partial charge >= 0.3 is 0 Å². The van der Waals surface area contributed by atoms with Crippen molar-refractivity contribution in [2.75, 3.05) is 6.61 Å². The summed E-state index contributed by atoms with van der Waals surface area (Å²) in [7, 11) is 0. The fraction of sp³-hybridized carbons (Fsp3) is 0.250. The van der Waals surface area contributed by atoms with Gasteiger partial charge in [-0.1, -0.05) is 31.4 Å². The summed E-state index contributed by atoms with van der Waals surface area (Å²) >= 11 is 5.80. The van der Waals surface area contributed by atoms with Crippen LogP contribution in [-0.2, 0) is 0 Å². The zero-order chi connectivity index (χ0) is 12.0. The lowest BCUT2D eigenvalue weighted by Crippen LogP contribution is -1.87. The summed E-state index contributed by atoms with van der Waals surface area (Å²) in [5.41, 5.74) is 1.49. The summed E-state index contributed by atoms with van der Waals surface area (Å²) in [5, 5.41) is 9.20. The predicted molar refractivity (Wildman–Crippen MR) is 65.5 cm³/mol. The van der Waals surface area contributed by atoms with E-state index < -0.39 is 0 Å². The SMILES string of the molecule is CC.OCC#Cc1cnc2cc(Cl)ccn12. The van der Waals surface area contributed by atoms with Crippen LogP contribution in [0.1, 0.15) is 19.5 Å². The van der Waals surface area contributed by atoms with E-state index in [1.807, 2.05) is 18.2 Å². The Morgan fingerprint density at radius 1 is 1.50 bits per heavy atom. The van der Waals surface area contributed by atoms with Gasteiger partial charge in [-0.25, -0.2) is 4.98 Å². The van der Waals surface area contributed by atoms with Crippen molar-refractivity contribution in [2.24, 2.45) is 0 Å². The Labute approximate surface area is 99.7 Å². The van der Waals surface area contributed by atoms with Gasteiger partial charge in [0.05, 0.1) is 6.20 Å². The number of hydrogen-bond donors (Lipinski definition) is 1. The van der Waals surface area contributed by atoms with Crippen LogP contribution < -0.4 is 0 Å². The lowest BCUT2D eigenvalue weighted by atomic mass is 10.4. The Morgan fingerprint density at radius 2 is 2.25 bits per heavy atom. The molecule has 0 radical (unpaired) electrons. The summed E-state index contributed by atoms with van der Waals surface area (Å²) < 4.78 is 1.81. The van der Waals surface area contributed by atoms with Gasteiger partial charge in [0, 0.05) is 17.3 Å². The first kappa shape index (κ1) is 12.6. The van der Waals surface area contributed by atoms with Crippen LogP contribution >= 0.6 is 11.6 Å². The van der Waals surface area contributed by atoms with E-state index in [2.05, 4.69) is 16.8 Å². The van der Waals surface area contributed by atoms with Crippen LogP contribution in [0.5, 0.6) is 0 Å². The van der Waals surface area contributed by atoms with Gasteiger partial charge in [-0.3, -0.25) is 4.40 Å². The van der Waals surface area contributed by atoms with Crippen LogP contribution in [0.2, 0.25) is 5.02 Å². The summed E-state index contributed by atoms with van der Waals surface area (Å²) in [5.74, 6) is 5.36. The first-order chi connectivity index (χ1) is 7.81. The van der Waals surface area contributed by atoms with E-state index in [-0.39, 0.29) is 6.61 Å². The molecule has 0 spiro atoms. The minimum atomic E-state index is -0.152. The lowest BCUT2D eigenvalue weighted by molar-refractivity contribution is 0.350. The van der Waals surface area contributed by atoms with Crippen LogP contribution in [-0.4, -0.2) is 21.1 Å². The molecule has 1 N–H and O–H groups in total. The number of aromatic nitrogens is 2. The van der Waals surface area contributed by atoms with Gasteiger partial charge in [0.25, 0.3) is 0 Å². The second-order valence-electron chi connectivity index (χ2n) is 2.68. The molecule has 0 aromatic carbocycles. The molecule has 0 bridgehead atoms. The molecular formula is C12H13ClN2O. The van der Waals surface area contributed by atoms with Crippen LogP contribution in [0.4, 0.5) is 0 Å². The summed E-state index contributed by atoms with van der Waals surface area (Å²) in [6.45, 7) is 3.85. The average molecular weight is 237 g/mol. The molecule has 16 heavy (non-hydrogen) atoms. The van der Waals surface area contributed by atoms with Crippen molar-refractivity contribution in [3.05, 3.63) is 35.2 Å². The maximum Gasteiger partial charge on any atom is 0.139 e. The van der Waals surface area contributed by atoms with Gasteiger partial charge in [0.2, 0.25) is 0 Å². The van der Waals surface area contributed by atoms with E-state index in [0.717, 1.165) is 11.3 Å². The fourth-order valence-electron chi connectivity index (χ4n) is 1.18. The molecule has 0 fully saturated rings. The van der Waals surface area contributed by atoms with E-state index >= 15 is 0 Å². The largest absolute Gasteiger partial charge is 0.384 e. The smallest absolute Gasteiger partial charge is 0.139 e. The third-order valence-corrected chi connectivity index (χ3v) is 2.01. The fourth-order valence-corrected chi connectivity index (χ4v) is 1.33. The third kappa shape index (κ3) is 2.75. The molecule has 0 saturated carbocycles. The van der Waals surface area contributed by atoms with Gasteiger partial charge in [-0.2, -0.15) is 0 Å². The molecule has 0 saturated heterocycles. The number of rotatable bonds is 0. The van der Waals surface area contributed by atoms with Crippen molar-refractivity contribution < 1.29 is 5.11 Å². The predicted octanol–water partition coefficient (Wildman–Crippen LogP) is 2.36. The number of imidazole rings is 1. The first-order valence-corrected chi connectivity index (χ1v) is 5.41. The number of hydrogen-bond acceptors (Lipinski definition) is 2. The minimum absolute atomic E-state index is 0.152. The Kier molecular flexibility index (Phi) is 4.84. The van der Waals surface area contributed by atoms with Gasteiger partial charge in [-0.15, -0.1) is 0 Å². The normalized spacial score (nSPS) is 9.00. The Morgan fingerprint density at radius 3 is 2.94 bits per heavy atom. The van der Waals surface area contributed by atoms with E-state index in [4.69, 9.17) is 16.7 Å². The molecule has 2 aromatic rings. The highest BCUT2D eigenvalue weighted by Crippen LogP contribution is 2.12.